The summed E-state index contributed by atoms with van der Waals surface area (Å²) in [7, 11) is -4.10. The van der Waals surface area contributed by atoms with Crippen LogP contribution in [0.15, 0.2) is 59.6 Å². The van der Waals surface area contributed by atoms with Crippen LogP contribution in [0.2, 0.25) is 0 Å². The van der Waals surface area contributed by atoms with Crippen molar-refractivity contribution in [2.24, 2.45) is 5.14 Å². The van der Waals surface area contributed by atoms with Crippen LogP contribution >= 0.6 is 0 Å². The van der Waals surface area contributed by atoms with Gasteiger partial charge in [-0.3, -0.25) is 9.48 Å². The predicted octanol–water partition coefficient (Wildman–Crippen LogP) is 2.87. The van der Waals surface area contributed by atoms with Crippen molar-refractivity contribution in [1.29, 1.82) is 5.26 Å². The first-order valence-electron chi connectivity index (χ1n) is 9.94. The number of fused-ring (bicyclic) bond motifs is 1. The molecule has 0 bridgehead atoms. The van der Waals surface area contributed by atoms with Gasteiger partial charge in [0.05, 0.1) is 46.3 Å². The van der Waals surface area contributed by atoms with Gasteiger partial charge in [-0.2, -0.15) is 10.4 Å². The number of sulfonamides is 1. The summed E-state index contributed by atoms with van der Waals surface area (Å²) in [4.78, 5) is 17.3. The number of para-hydroxylation sites is 1. The maximum absolute atomic E-state index is 13.2. The molecule has 0 aliphatic rings. The number of anilines is 1. The molecule has 3 N–H and O–H groups in total. The number of nitriles is 1. The maximum Gasteiger partial charge on any atom is 0.256 e. The van der Waals surface area contributed by atoms with Gasteiger partial charge in [0.1, 0.15) is 0 Å². The molecule has 2 heterocycles. The number of aromatic nitrogens is 3. The van der Waals surface area contributed by atoms with E-state index in [-0.39, 0.29) is 10.6 Å². The van der Waals surface area contributed by atoms with Crippen LogP contribution in [-0.2, 0) is 16.6 Å². The zero-order valence-electron chi connectivity index (χ0n) is 17.9. The highest BCUT2D eigenvalue weighted by Gasteiger charge is 2.21. The standard InChI is InChI=1S/C23H20N6O3S/c1-14-22(15(2)29(28-14)13-17-9-7-16(12-24)8-10-17)27-23(30)19-11-21(33(25,31)32)26-20-6-4-3-5-18(19)20/h3-11H,13H2,1-2H3,(H,27,30)(H2,25,31,32). The lowest BCUT2D eigenvalue weighted by atomic mass is 10.1. The molecule has 0 unspecified atom stereocenters. The zero-order chi connectivity index (χ0) is 23.8. The number of benzene rings is 2. The fourth-order valence-corrected chi connectivity index (χ4v) is 4.06. The van der Waals surface area contributed by atoms with Gasteiger partial charge in [0.25, 0.3) is 15.9 Å². The molecule has 2 aromatic heterocycles. The Morgan fingerprint density at radius 3 is 2.52 bits per heavy atom. The molecule has 9 nitrogen and oxygen atoms in total. The lowest BCUT2D eigenvalue weighted by Crippen LogP contribution is -2.18. The van der Waals surface area contributed by atoms with Gasteiger partial charge in [0.2, 0.25) is 0 Å². The first-order valence-corrected chi connectivity index (χ1v) is 11.5. The Kier molecular flexibility index (Phi) is 5.68. The van der Waals surface area contributed by atoms with E-state index >= 15 is 0 Å². The van der Waals surface area contributed by atoms with Gasteiger partial charge in [0.15, 0.2) is 5.03 Å². The number of nitrogens with two attached hydrogens (primary N) is 1. The third kappa shape index (κ3) is 4.45. The summed E-state index contributed by atoms with van der Waals surface area (Å²) in [6.45, 7) is 4.07. The van der Waals surface area contributed by atoms with Crippen molar-refractivity contribution in [3.05, 3.63) is 82.7 Å². The van der Waals surface area contributed by atoms with Gasteiger partial charge in [0, 0.05) is 5.39 Å². The molecule has 0 aliphatic heterocycles. The Bertz CT molecular complexity index is 1530. The number of nitrogens with zero attached hydrogens (tertiary/aromatic N) is 4. The highest BCUT2D eigenvalue weighted by molar-refractivity contribution is 7.89. The van der Waals surface area contributed by atoms with Gasteiger partial charge in [-0.15, -0.1) is 0 Å². The summed E-state index contributed by atoms with van der Waals surface area (Å²) in [5.41, 5.74) is 3.89. The fourth-order valence-electron chi connectivity index (χ4n) is 3.55. The second-order valence-electron chi connectivity index (χ2n) is 7.54. The number of hydrogen-bond acceptors (Lipinski definition) is 6. The van der Waals surface area contributed by atoms with Gasteiger partial charge in [-0.05, 0) is 43.7 Å². The Labute approximate surface area is 190 Å². The number of pyridine rings is 1. The van der Waals surface area contributed by atoms with E-state index in [4.69, 9.17) is 10.4 Å². The molecule has 166 valence electrons. The molecule has 1 amide bonds. The summed E-state index contributed by atoms with van der Waals surface area (Å²) >= 11 is 0. The number of nitrogens with one attached hydrogen (secondary N) is 1. The van der Waals surface area contributed by atoms with Crippen LogP contribution in [0.4, 0.5) is 5.69 Å². The number of aryl methyl sites for hydroxylation is 1. The molecule has 2 aromatic carbocycles. The smallest absolute Gasteiger partial charge is 0.256 e. The molecule has 0 atom stereocenters. The summed E-state index contributed by atoms with van der Waals surface area (Å²) in [5, 5.41) is 21.7. The van der Waals surface area contributed by atoms with Gasteiger partial charge < -0.3 is 5.32 Å². The molecule has 4 rings (SSSR count). The Morgan fingerprint density at radius 1 is 1.15 bits per heavy atom. The summed E-state index contributed by atoms with van der Waals surface area (Å²) in [6.07, 6.45) is 0. The van der Waals surface area contributed by atoms with E-state index in [1.54, 1.807) is 48.0 Å². The third-order valence-corrected chi connectivity index (χ3v) is 6.06. The zero-order valence-corrected chi connectivity index (χ0v) is 18.7. The number of rotatable bonds is 5. The van der Waals surface area contributed by atoms with Crippen LogP contribution in [0.3, 0.4) is 0 Å². The minimum atomic E-state index is -4.10. The van der Waals surface area contributed by atoms with E-state index in [2.05, 4.69) is 21.5 Å². The van der Waals surface area contributed by atoms with E-state index in [0.717, 1.165) is 11.3 Å². The SMILES string of the molecule is Cc1nn(Cc2ccc(C#N)cc2)c(C)c1NC(=O)c1cc(S(N)(=O)=O)nc2ccccc12. The first kappa shape index (κ1) is 22.1. The second-order valence-corrected chi connectivity index (χ2v) is 9.04. The fraction of sp³-hybridized carbons (Fsp3) is 0.130. The lowest BCUT2D eigenvalue weighted by Gasteiger charge is -2.10. The van der Waals surface area contributed by atoms with E-state index < -0.39 is 15.9 Å². The van der Waals surface area contributed by atoms with Gasteiger partial charge in [-0.1, -0.05) is 30.3 Å². The van der Waals surface area contributed by atoms with Crippen molar-refractivity contribution >= 4 is 32.5 Å². The number of amides is 1. The van der Waals surface area contributed by atoms with Crippen LogP contribution in [0.5, 0.6) is 0 Å². The van der Waals surface area contributed by atoms with Crippen LogP contribution in [0.1, 0.15) is 32.9 Å². The van der Waals surface area contributed by atoms with Gasteiger partial charge in [-0.25, -0.2) is 18.5 Å². The highest BCUT2D eigenvalue weighted by atomic mass is 32.2. The maximum atomic E-state index is 13.2. The summed E-state index contributed by atoms with van der Waals surface area (Å²) < 4.78 is 25.5. The molecular formula is C23H20N6O3S. The Hall–Kier alpha value is -4.07. The average molecular weight is 461 g/mol. The van der Waals surface area contributed by atoms with Crippen molar-refractivity contribution in [2.75, 3.05) is 5.32 Å². The van der Waals surface area contributed by atoms with Gasteiger partial charge >= 0.3 is 0 Å². The van der Waals surface area contributed by atoms with Crippen molar-refractivity contribution in [3.8, 4) is 6.07 Å². The summed E-state index contributed by atoms with van der Waals surface area (Å²) in [6, 6.07) is 17.2. The minimum absolute atomic E-state index is 0.142. The van der Waals surface area contributed by atoms with Crippen LogP contribution in [0.25, 0.3) is 10.9 Å². The van der Waals surface area contributed by atoms with E-state index in [9.17, 15) is 13.2 Å². The monoisotopic (exact) mass is 460 g/mol. The molecule has 33 heavy (non-hydrogen) atoms. The quantitative estimate of drug-likeness (QED) is 0.469. The largest absolute Gasteiger partial charge is 0.319 e. The number of hydrogen-bond donors (Lipinski definition) is 2. The molecule has 0 radical (unpaired) electrons. The third-order valence-electron chi connectivity index (χ3n) is 5.26. The number of primary sulfonamides is 1. The number of carbonyl (C=O) groups excluding carboxylic acids is 1. The molecule has 4 aromatic rings. The van der Waals surface area contributed by atoms with E-state index in [1.807, 2.05) is 19.1 Å². The lowest BCUT2D eigenvalue weighted by molar-refractivity contribution is 0.102. The molecular weight excluding hydrogens is 440 g/mol. The molecule has 0 fully saturated rings. The van der Waals surface area contributed by atoms with E-state index in [0.29, 0.717) is 34.4 Å². The molecule has 0 spiro atoms. The van der Waals surface area contributed by atoms with Crippen molar-refractivity contribution in [2.45, 2.75) is 25.4 Å². The molecule has 0 aliphatic carbocycles. The minimum Gasteiger partial charge on any atom is -0.319 e. The van der Waals surface area contributed by atoms with E-state index in [1.165, 1.54) is 6.07 Å². The predicted molar refractivity (Wildman–Crippen MR) is 123 cm³/mol. The normalized spacial score (nSPS) is 11.3. The Balaban J connectivity index is 1.68. The molecule has 0 saturated carbocycles. The van der Waals surface area contributed by atoms with Crippen LogP contribution < -0.4 is 10.5 Å². The molecule has 0 saturated heterocycles. The molecule has 10 heteroatoms. The topological polar surface area (TPSA) is 144 Å². The van der Waals surface area contributed by atoms with Crippen LogP contribution in [-0.4, -0.2) is 29.1 Å². The number of carbonyl (C=O) groups is 1. The van der Waals surface area contributed by atoms with Crippen LogP contribution in [0, 0.1) is 25.2 Å². The van der Waals surface area contributed by atoms with Crippen molar-refractivity contribution < 1.29 is 13.2 Å². The second kappa shape index (κ2) is 8.46. The summed E-state index contributed by atoms with van der Waals surface area (Å²) in [5.74, 6) is -0.498. The Morgan fingerprint density at radius 2 is 1.85 bits per heavy atom. The first-order chi connectivity index (χ1) is 15.7. The average Bonchev–Trinajstić information content (AvgIpc) is 3.05. The van der Waals surface area contributed by atoms with Crippen molar-refractivity contribution in [1.82, 2.24) is 14.8 Å². The highest BCUT2D eigenvalue weighted by Crippen LogP contribution is 2.25. The van der Waals surface area contributed by atoms with Crippen molar-refractivity contribution in [3.63, 3.8) is 0 Å².